The summed E-state index contributed by atoms with van der Waals surface area (Å²) in [7, 11) is 0. The Morgan fingerprint density at radius 1 is 1.15 bits per heavy atom. The van der Waals surface area contributed by atoms with Gasteiger partial charge in [-0.2, -0.15) is 0 Å². The number of nitrogens with zero attached hydrogens (tertiary/aromatic N) is 3. The van der Waals surface area contributed by atoms with Gasteiger partial charge in [0, 0.05) is 6.20 Å². The Balaban J connectivity index is 1.45. The van der Waals surface area contributed by atoms with Gasteiger partial charge >= 0.3 is 0 Å². The first-order chi connectivity index (χ1) is 13.1. The molecular weight excluding hydrogens is 384 g/mol. The fourth-order valence-corrected chi connectivity index (χ4v) is 4.17. The lowest BCUT2D eigenvalue weighted by Crippen LogP contribution is -2.36. The van der Waals surface area contributed by atoms with Crippen molar-refractivity contribution in [3.8, 4) is 0 Å². The van der Waals surface area contributed by atoms with Crippen molar-refractivity contribution < 1.29 is 14.4 Å². The summed E-state index contributed by atoms with van der Waals surface area (Å²) in [5.41, 5.74) is 1.35. The van der Waals surface area contributed by atoms with Gasteiger partial charge in [0.05, 0.1) is 20.8 Å². The number of hydrogen-bond acceptors (Lipinski definition) is 7. The van der Waals surface area contributed by atoms with E-state index in [4.69, 9.17) is 0 Å². The summed E-state index contributed by atoms with van der Waals surface area (Å²) in [5.74, 6) is -0.981. The lowest BCUT2D eigenvalue weighted by Gasteiger charge is -2.11. The highest BCUT2D eigenvalue weighted by atomic mass is 32.2. The van der Waals surface area contributed by atoms with E-state index >= 15 is 0 Å². The van der Waals surface area contributed by atoms with Crippen LogP contribution in [0.4, 0.5) is 9.93 Å². The Morgan fingerprint density at radius 3 is 2.74 bits per heavy atom. The minimum atomic E-state index is -0.505. The van der Waals surface area contributed by atoms with Crippen LogP contribution in [-0.2, 0) is 9.59 Å². The highest BCUT2D eigenvalue weighted by molar-refractivity contribution is 8.18. The average molecular weight is 396 g/mol. The molecule has 0 spiro atoms. The molecule has 9 heteroatoms. The van der Waals surface area contributed by atoms with Crippen LogP contribution in [0.2, 0.25) is 0 Å². The normalized spacial score (nSPS) is 15.7. The molecule has 0 saturated carbocycles. The van der Waals surface area contributed by atoms with E-state index in [2.05, 4.69) is 15.3 Å². The zero-order chi connectivity index (χ0) is 18.8. The van der Waals surface area contributed by atoms with Gasteiger partial charge in [-0.25, -0.2) is 4.98 Å². The first-order valence-electron chi connectivity index (χ1n) is 7.92. The van der Waals surface area contributed by atoms with Gasteiger partial charge in [0.2, 0.25) is 5.91 Å². The second-order valence-corrected chi connectivity index (χ2v) is 7.58. The Kier molecular flexibility index (Phi) is 4.69. The Hall–Kier alpha value is -3.04. The van der Waals surface area contributed by atoms with E-state index in [0.29, 0.717) is 10.8 Å². The van der Waals surface area contributed by atoms with Gasteiger partial charge in [0.15, 0.2) is 5.13 Å². The molecule has 27 heavy (non-hydrogen) atoms. The molecule has 0 unspecified atom stereocenters. The van der Waals surface area contributed by atoms with Crippen LogP contribution in [-0.4, -0.2) is 38.5 Å². The predicted octanol–water partition coefficient (Wildman–Crippen LogP) is 3.37. The van der Waals surface area contributed by atoms with E-state index in [-0.39, 0.29) is 11.4 Å². The number of rotatable bonds is 4. The molecule has 3 aromatic rings. The third-order valence-electron chi connectivity index (χ3n) is 3.68. The number of amides is 3. The number of nitrogens with one attached hydrogen (secondary N) is 1. The number of fused-ring (bicyclic) bond motifs is 1. The summed E-state index contributed by atoms with van der Waals surface area (Å²) in [5, 5.41) is 2.59. The van der Waals surface area contributed by atoms with Gasteiger partial charge in [-0.15, -0.1) is 0 Å². The van der Waals surface area contributed by atoms with Crippen LogP contribution < -0.4 is 5.32 Å². The summed E-state index contributed by atoms with van der Waals surface area (Å²) in [6.45, 7) is -0.361. The SMILES string of the molecule is O=C(CN1C(=O)S/C(=C/c2ccccn2)C1=O)Nc1nc2ccccc2s1. The smallest absolute Gasteiger partial charge is 0.294 e. The van der Waals surface area contributed by atoms with Crippen molar-refractivity contribution in [2.24, 2.45) is 0 Å². The van der Waals surface area contributed by atoms with E-state index in [0.717, 1.165) is 26.9 Å². The predicted molar refractivity (Wildman–Crippen MR) is 105 cm³/mol. The number of anilines is 1. The van der Waals surface area contributed by atoms with Crippen LogP contribution in [0, 0.1) is 0 Å². The van der Waals surface area contributed by atoms with Crippen LogP contribution in [0.25, 0.3) is 16.3 Å². The molecule has 0 atom stereocenters. The average Bonchev–Trinajstić information content (AvgIpc) is 3.18. The lowest BCUT2D eigenvalue weighted by atomic mass is 10.3. The van der Waals surface area contributed by atoms with Gasteiger partial charge in [0.1, 0.15) is 6.54 Å². The molecule has 1 aliphatic heterocycles. The molecule has 1 aromatic carbocycles. The first-order valence-corrected chi connectivity index (χ1v) is 9.55. The molecule has 0 radical (unpaired) electrons. The van der Waals surface area contributed by atoms with Crippen LogP contribution >= 0.6 is 23.1 Å². The minimum absolute atomic E-state index is 0.242. The minimum Gasteiger partial charge on any atom is -0.300 e. The molecule has 0 bridgehead atoms. The Bertz CT molecular complexity index is 1050. The van der Waals surface area contributed by atoms with E-state index in [9.17, 15) is 14.4 Å². The molecule has 7 nitrogen and oxygen atoms in total. The van der Waals surface area contributed by atoms with Crippen molar-refractivity contribution in [3.05, 3.63) is 59.3 Å². The van der Waals surface area contributed by atoms with Crippen molar-refractivity contribution in [2.75, 3.05) is 11.9 Å². The highest BCUT2D eigenvalue weighted by Crippen LogP contribution is 2.32. The first kappa shape index (κ1) is 17.4. The molecular formula is C18H12N4O3S2. The zero-order valence-corrected chi connectivity index (χ0v) is 15.4. The quantitative estimate of drug-likeness (QED) is 0.680. The topological polar surface area (TPSA) is 92.3 Å². The van der Waals surface area contributed by atoms with Crippen molar-refractivity contribution in [1.29, 1.82) is 0 Å². The van der Waals surface area contributed by atoms with Gasteiger partial charge in [-0.05, 0) is 42.1 Å². The summed E-state index contributed by atoms with van der Waals surface area (Å²) >= 11 is 2.13. The summed E-state index contributed by atoms with van der Waals surface area (Å²) < 4.78 is 0.942. The molecule has 1 saturated heterocycles. The number of thioether (sulfide) groups is 1. The van der Waals surface area contributed by atoms with Crippen molar-refractivity contribution in [3.63, 3.8) is 0 Å². The number of para-hydroxylation sites is 1. The molecule has 3 amide bonds. The molecule has 134 valence electrons. The fraction of sp³-hybridized carbons (Fsp3) is 0.0556. The van der Waals surface area contributed by atoms with E-state index in [1.165, 1.54) is 17.4 Å². The van der Waals surface area contributed by atoms with Crippen LogP contribution in [0.1, 0.15) is 5.69 Å². The number of hydrogen-bond donors (Lipinski definition) is 1. The summed E-state index contributed by atoms with van der Waals surface area (Å²) in [4.78, 5) is 46.4. The third kappa shape index (κ3) is 3.74. The number of imide groups is 1. The summed E-state index contributed by atoms with van der Waals surface area (Å²) in [6, 6.07) is 12.8. The lowest BCUT2D eigenvalue weighted by molar-refractivity contribution is -0.127. The number of carbonyl (C=O) groups is 3. The molecule has 4 rings (SSSR count). The highest BCUT2D eigenvalue weighted by Gasteiger charge is 2.36. The zero-order valence-electron chi connectivity index (χ0n) is 13.8. The number of thiazole rings is 1. The molecule has 1 fully saturated rings. The van der Waals surface area contributed by atoms with Crippen molar-refractivity contribution in [1.82, 2.24) is 14.9 Å². The van der Waals surface area contributed by atoms with Crippen molar-refractivity contribution >= 4 is 61.6 Å². The molecule has 1 aliphatic rings. The van der Waals surface area contributed by atoms with Gasteiger partial charge in [0.25, 0.3) is 11.1 Å². The Morgan fingerprint density at radius 2 is 1.96 bits per heavy atom. The van der Waals surface area contributed by atoms with Crippen LogP contribution in [0.3, 0.4) is 0 Å². The van der Waals surface area contributed by atoms with E-state index in [1.54, 1.807) is 24.4 Å². The van der Waals surface area contributed by atoms with Crippen LogP contribution in [0.15, 0.2) is 53.6 Å². The molecule has 2 aromatic heterocycles. The molecule has 0 aliphatic carbocycles. The number of aromatic nitrogens is 2. The second kappa shape index (κ2) is 7.29. The molecule has 3 heterocycles. The second-order valence-electron chi connectivity index (χ2n) is 5.56. The third-order valence-corrected chi connectivity index (χ3v) is 5.54. The summed E-state index contributed by atoms with van der Waals surface area (Å²) in [6.07, 6.45) is 3.14. The Labute approximate surface area is 162 Å². The maximum Gasteiger partial charge on any atom is 0.294 e. The van der Waals surface area contributed by atoms with Crippen LogP contribution in [0.5, 0.6) is 0 Å². The standard InChI is InChI=1S/C18H12N4O3S2/c23-15(21-17-20-12-6-1-2-7-13(12)26-17)10-22-16(24)14(27-18(22)25)9-11-5-3-4-8-19-11/h1-9H,10H2,(H,20,21,23)/b14-9+. The number of pyridine rings is 1. The fourth-order valence-electron chi connectivity index (χ4n) is 2.46. The van der Waals surface area contributed by atoms with E-state index in [1.807, 2.05) is 24.3 Å². The largest absolute Gasteiger partial charge is 0.300 e. The monoisotopic (exact) mass is 396 g/mol. The molecule has 1 N–H and O–H groups in total. The number of carbonyl (C=O) groups excluding carboxylic acids is 3. The van der Waals surface area contributed by atoms with Gasteiger partial charge in [-0.3, -0.25) is 24.3 Å². The van der Waals surface area contributed by atoms with Crippen molar-refractivity contribution in [2.45, 2.75) is 0 Å². The van der Waals surface area contributed by atoms with Gasteiger partial charge < -0.3 is 5.32 Å². The number of benzene rings is 1. The van der Waals surface area contributed by atoms with E-state index < -0.39 is 17.1 Å². The van der Waals surface area contributed by atoms with Gasteiger partial charge in [-0.1, -0.05) is 29.5 Å². The maximum atomic E-state index is 12.4. The maximum absolute atomic E-state index is 12.4.